The molecule has 2 N–H and O–H groups in total. The number of benzene rings is 1. The van der Waals surface area contributed by atoms with Gasteiger partial charge in [-0.1, -0.05) is 59.4 Å². The minimum atomic E-state index is -1.23. The number of aliphatic carboxylic acids is 1. The monoisotopic (exact) mass is 712 g/mol. The number of hydrogen-bond acceptors (Lipinski definition) is 6. The van der Waals surface area contributed by atoms with Gasteiger partial charge in [0.25, 0.3) is 0 Å². The Kier molecular flexibility index (Phi) is 7.61. The second-order valence-corrected chi connectivity index (χ2v) is 19.6. The zero-order chi connectivity index (χ0) is 37.6. The Morgan fingerprint density at radius 2 is 1.65 bits per heavy atom. The van der Waals surface area contributed by atoms with Gasteiger partial charge in [0.1, 0.15) is 6.10 Å². The Hall–Kier alpha value is -3.06. The van der Waals surface area contributed by atoms with Gasteiger partial charge in [-0.25, -0.2) is 4.79 Å². The van der Waals surface area contributed by atoms with Crippen LogP contribution in [0.25, 0.3) is 6.08 Å². The largest absolute Gasteiger partial charge is 0.478 e. The van der Waals surface area contributed by atoms with Crippen LogP contribution in [0.3, 0.4) is 0 Å². The highest BCUT2D eigenvalue weighted by Gasteiger charge is 2.72. The van der Waals surface area contributed by atoms with Gasteiger partial charge in [-0.05, 0) is 129 Å². The van der Waals surface area contributed by atoms with Gasteiger partial charge >= 0.3 is 11.9 Å². The lowest BCUT2D eigenvalue weighted by Gasteiger charge is -2.71. The van der Waals surface area contributed by atoms with E-state index in [4.69, 9.17) is 14.2 Å². The number of carboxylic acid groups (broad SMARTS) is 1. The lowest BCUT2D eigenvalue weighted by atomic mass is 9.33. The molecule has 0 spiro atoms. The summed E-state index contributed by atoms with van der Waals surface area (Å²) in [7, 11) is 1.53. The van der Waals surface area contributed by atoms with Crippen molar-refractivity contribution in [1.29, 1.82) is 0 Å². The van der Waals surface area contributed by atoms with Gasteiger partial charge in [-0.15, -0.1) is 0 Å². The number of ether oxygens (including phenoxy) is 3. The van der Waals surface area contributed by atoms with Gasteiger partial charge in [-0.2, -0.15) is 0 Å². The van der Waals surface area contributed by atoms with Crippen LogP contribution in [-0.4, -0.2) is 46.6 Å². The highest BCUT2D eigenvalue weighted by Crippen LogP contribution is 2.75. The number of carbonyl (C=O) groups excluding carboxylic acids is 1. The third kappa shape index (κ3) is 4.13. The standard InChI is InChI=1S/C45H60O7/c1-25-11-12-30(28(4)37(47)48)36(46)45-26(2)15-16-44(25,45)52-35-27(3)29-13-14-33-41(7,31(29)23-32(35)51-45)20-22-43(9)34-24-40(6,38(49)50-10)18-17-39(34,5)19-21-42(33,43)8/h13-15,23,25,30,33-34,36,46H,4,11-12,16-22,24H2,1-3,5-10H3,(H,47,48). The van der Waals surface area contributed by atoms with Gasteiger partial charge in [0.05, 0.1) is 12.5 Å². The summed E-state index contributed by atoms with van der Waals surface area (Å²) in [5.74, 6) is 0.252. The minimum Gasteiger partial charge on any atom is -0.478 e. The van der Waals surface area contributed by atoms with Crippen LogP contribution in [0.2, 0.25) is 0 Å². The molecule has 7 nitrogen and oxygen atoms in total. The van der Waals surface area contributed by atoms with Crippen molar-refractivity contribution in [2.45, 2.75) is 142 Å². The van der Waals surface area contributed by atoms with E-state index in [1.807, 2.05) is 6.92 Å². The molecule has 0 radical (unpaired) electrons. The molecule has 12 unspecified atom stereocenters. The molecule has 1 aromatic rings. The number of rotatable bonds is 3. The van der Waals surface area contributed by atoms with Gasteiger partial charge in [0.15, 0.2) is 22.7 Å². The first kappa shape index (κ1) is 35.9. The quantitative estimate of drug-likeness (QED) is 0.183. The van der Waals surface area contributed by atoms with Crippen LogP contribution in [0.5, 0.6) is 11.5 Å². The number of methoxy groups -OCH3 is 1. The van der Waals surface area contributed by atoms with E-state index in [1.165, 1.54) is 18.2 Å². The van der Waals surface area contributed by atoms with Crippen LogP contribution in [-0.2, 0) is 19.7 Å². The van der Waals surface area contributed by atoms with Crippen LogP contribution >= 0.6 is 0 Å². The molecule has 4 saturated carbocycles. The highest BCUT2D eigenvalue weighted by molar-refractivity contribution is 5.86. The van der Waals surface area contributed by atoms with Gasteiger partial charge in [0.2, 0.25) is 0 Å². The summed E-state index contributed by atoms with van der Waals surface area (Å²) < 4.78 is 20.0. The molecular formula is C45H60O7. The van der Waals surface area contributed by atoms with Crippen LogP contribution in [0, 0.1) is 52.3 Å². The second kappa shape index (κ2) is 11.0. The van der Waals surface area contributed by atoms with Crippen LogP contribution in [0.1, 0.15) is 129 Å². The first-order valence-corrected chi connectivity index (χ1v) is 19.9. The van der Waals surface area contributed by atoms with E-state index in [9.17, 15) is 19.8 Å². The normalized spacial score (nSPS) is 46.9. The number of hydrogen-bond donors (Lipinski definition) is 2. The summed E-state index contributed by atoms with van der Waals surface area (Å²) in [4.78, 5) is 25.4. The average Bonchev–Trinajstić information content (AvgIpc) is 3.37. The number of carbonyl (C=O) groups is 2. The van der Waals surface area contributed by atoms with Gasteiger partial charge < -0.3 is 24.4 Å². The summed E-state index contributed by atoms with van der Waals surface area (Å²) in [5, 5.41) is 22.4. The fraction of sp³-hybridized carbons (Fsp3) is 0.689. The zero-order valence-electron chi connectivity index (χ0n) is 32.9. The van der Waals surface area contributed by atoms with Crippen molar-refractivity contribution in [1.82, 2.24) is 0 Å². The van der Waals surface area contributed by atoms with Crippen LogP contribution < -0.4 is 9.47 Å². The van der Waals surface area contributed by atoms with E-state index >= 15 is 0 Å². The summed E-state index contributed by atoms with van der Waals surface area (Å²) >= 11 is 0. The molecule has 6 aliphatic carbocycles. The fourth-order valence-electron chi connectivity index (χ4n) is 13.9. The van der Waals surface area contributed by atoms with Crippen molar-refractivity contribution in [2.24, 2.45) is 45.3 Å². The molecule has 0 saturated heterocycles. The zero-order valence-corrected chi connectivity index (χ0v) is 32.9. The molecular weight excluding hydrogens is 652 g/mol. The lowest BCUT2D eigenvalue weighted by Crippen LogP contribution is -2.70. The van der Waals surface area contributed by atoms with Crippen molar-refractivity contribution in [3.05, 3.63) is 52.6 Å². The third-order valence-electron chi connectivity index (χ3n) is 17.6. The van der Waals surface area contributed by atoms with E-state index in [2.05, 4.69) is 79.3 Å². The second-order valence-electron chi connectivity index (χ2n) is 19.6. The molecule has 1 heterocycles. The number of aliphatic hydroxyl groups excluding tert-OH is 1. The molecule has 0 aromatic heterocycles. The van der Waals surface area contributed by atoms with Crippen LogP contribution in [0.4, 0.5) is 0 Å². The number of carboxylic acids is 1. The van der Waals surface area contributed by atoms with Crippen molar-refractivity contribution < 1.29 is 34.0 Å². The molecule has 7 heteroatoms. The average molecular weight is 713 g/mol. The van der Waals surface area contributed by atoms with Crippen molar-refractivity contribution in [3.8, 4) is 11.5 Å². The van der Waals surface area contributed by atoms with Crippen LogP contribution in [0.15, 0.2) is 35.9 Å². The topological polar surface area (TPSA) is 102 Å². The Balaban J connectivity index is 1.22. The first-order valence-electron chi connectivity index (χ1n) is 19.9. The molecule has 282 valence electrons. The predicted molar refractivity (Wildman–Crippen MR) is 201 cm³/mol. The molecule has 1 aliphatic heterocycles. The van der Waals surface area contributed by atoms with E-state index in [0.29, 0.717) is 30.9 Å². The number of esters is 1. The summed E-state index contributed by atoms with van der Waals surface area (Å²) in [6.07, 6.45) is 14.8. The molecule has 4 fully saturated rings. The third-order valence-corrected chi connectivity index (χ3v) is 17.6. The maximum Gasteiger partial charge on any atom is 0.331 e. The van der Waals surface area contributed by atoms with E-state index in [-0.39, 0.29) is 45.0 Å². The molecule has 52 heavy (non-hydrogen) atoms. The molecule has 8 rings (SSSR count). The van der Waals surface area contributed by atoms with E-state index in [1.54, 1.807) is 0 Å². The molecule has 1 aromatic carbocycles. The molecule has 7 aliphatic rings. The van der Waals surface area contributed by atoms with Gasteiger partial charge in [-0.3, -0.25) is 4.79 Å². The number of fused-ring (bicyclic) bond motifs is 8. The van der Waals surface area contributed by atoms with Gasteiger partial charge in [0, 0.05) is 34.8 Å². The molecule has 0 amide bonds. The highest BCUT2D eigenvalue weighted by atomic mass is 16.6. The summed E-state index contributed by atoms with van der Waals surface area (Å²) in [6, 6.07) is 2.22. The molecule has 0 bridgehead atoms. The van der Waals surface area contributed by atoms with Crippen molar-refractivity contribution >= 4 is 18.0 Å². The fourth-order valence-corrected chi connectivity index (χ4v) is 13.9. The molecule has 12 atom stereocenters. The number of aliphatic hydroxyl groups is 1. The predicted octanol–water partition coefficient (Wildman–Crippen LogP) is 9.13. The Morgan fingerprint density at radius 3 is 2.35 bits per heavy atom. The summed E-state index contributed by atoms with van der Waals surface area (Å²) in [6.45, 7) is 22.4. The number of allylic oxidation sites excluding steroid dienone is 1. The smallest absolute Gasteiger partial charge is 0.331 e. The van der Waals surface area contributed by atoms with E-state index in [0.717, 1.165) is 61.8 Å². The minimum absolute atomic E-state index is 0.00254. The maximum absolute atomic E-state index is 13.2. The Morgan fingerprint density at radius 1 is 0.962 bits per heavy atom. The van der Waals surface area contributed by atoms with Crippen molar-refractivity contribution in [2.75, 3.05) is 7.11 Å². The van der Waals surface area contributed by atoms with E-state index < -0.39 is 34.6 Å². The first-order chi connectivity index (χ1) is 24.3. The Labute approximate surface area is 310 Å². The maximum atomic E-state index is 13.2. The van der Waals surface area contributed by atoms with Crippen molar-refractivity contribution in [3.63, 3.8) is 0 Å². The lowest BCUT2D eigenvalue weighted by molar-refractivity contribution is -0.205. The SMILES string of the molecule is C=C(C(=O)O)C1CCC(C)C23CC=C(C)C2(Oc2cc4c(c(C)c2O3)C=CC2C4(C)CCC3(C)C4CC(C)(C(=O)OC)CCC4(C)CCC23C)C1O. The Bertz CT molecular complexity index is 1840. The summed E-state index contributed by atoms with van der Waals surface area (Å²) in [5.41, 5.74) is 1.96.